The van der Waals surface area contributed by atoms with Gasteiger partial charge in [-0.05, 0) is 23.3 Å². The Balaban J connectivity index is 1.51. The Hall–Kier alpha value is -1.61. The SMILES string of the molecule is COC[C@H](C)NC(=O)CSc1nnc(SCc2cccc3ccccc23)s1. The summed E-state index contributed by atoms with van der Waals surface area (Å²) in [6, 6.07) is 14.8. The number of nitrogens with zero attached hydrogens (tertiary/aromatic N) is 2. The van der Waals surface area contributed by atoms with Crippen molar-refractivity contribution in [3.63, 3.8) is 0 Å². The molecule has 0 saturated carbocycles. The first-order valence-electron chi connectivity index (χ1n) is 8.49. The molecule has 1 atom stereocenters. The molecule has 0 aliphatic rings. The highest BCUT2D eigenvalue weighted by molar-refractivity contribution is 8.03. The number of carbonyl (C=O) groups excluding carboxylic acids is 1. The predicted molar refractivity (Wildman–Crippen MR) is 114 cm³/mol. The van der Waals surface area contributed by atoms with Crippen LogP contribution in [0.25, 0.3) is 10.8 Å². The van der Waals surface area contributed by atoms with Gasteiger partial charge in [-0.3, -0.25) is 4.79 Å². The highest BCUT2D eigenvalue weighted by Crippen LogP contribution is 2.32. The van der Waals surface area contributed by atoms with E-state index in [4.69, 9.17) is 4.74 Å². The van der Waals surface area contributed by atoms with E-state index in [1.165, 1.54) is 39.4 Å². The van der Waals surface area contributed by atoms with Crippen molar-refractivity contribution in [3.05, 3.63) is 48.0 Å². The molecular weight excluding hydrogens is 398 g/mol. The molecule has 2 aromatic carbocycles. The predicted octanol–water partition coefficient (Wildman–Crippen LogP) is 4.23. The van der Waals surface area contributed by atoms with Gasteiger partial charge < -0.3 is 10.1 Å². The molecular formula is C19H21N3O2S3. The third-order valence-electron chi connectivity index (χ3n) is 3.77. The lowest BCUT2D eigenvalue weighted by Gasteiger charge is -2.11. The Morgan fingerprint density at radius 2 is 1.89 bits per heavy atom. The van der Waals surface area contributed by atoms with Crippen LogP contribution in [0.4, 0.5) is 0 Å². The molecule has 0 unspecified atom stereocenters. The van der Waals surface area contributed by atoms with Crippen LogP contribution in [0.2, 0.25) is 0 Å². The van der Waals surface area contributed by atoms with Gasteiger partial charge in [0.15, 0.2) is 8.68 Å². The minimum atomic E-state index is -0.0234. The standard InChI is InChI=1S/C19H21N3O2S3/c1-13(10-24-2)20-17(23)12-26-19-22-21-18(27-19)25-11-15-8-5-7-14-6-3-4-9-16(14)15/h3-9,13H,10-12H2,1-2H3,(H,20,23)/t13-/m0/s1. The maximum absolute atomic E-state index is 11.9. The van der Waals surface area contributed by atoms with Crippen molar-refractivity contribution < 1.29 is 9.53 Å². The second-order valence-electron chi connectivity index (χ2n) is 5.97. The molecule has 3 rings (SSSR count). The monoisotopic (exact) mass is 419 g/mol. The van der Waals surface area contributed by atoms with E-state index >= 15 is 0 Å². The first-order valence-corrected chi connectivity index (χ1v) is 11.3. The quantitative estimate of drug-likeness (QED) is 0.524. The van der Waals surface area contributed by atoms with E-state index in [9.17, 15) is 4.79 Å². The number of amides is 1. The molecule has 27 heavy (non-hydrogen) atoms. The zero-order chi connectivity index (χ0) is 19.1. The summed E-state index contributed by atoms with van der Waals surface area (Å²) < 4.78 is 6.74. The molecule has 0 radical (unpaired) electrons. The number of rotatable bonds is 9. The molecule has 1 N–H and O–H groups in total. The van der Waals surface area contributed by atoms with Crippen molar-refractivity contribution >= 4 is 51.5 Å². The minimum absolute atomic E-state index is 0.00401. The van der Waals surface area contributed by atoms with E-state index in [0.717, 1.165) is 14.4 Å². The molecule has 142 valence electrons. The summed E-state index contributed by atoms with van der Waals surface area (Å²) in [6.45, 7) is 2.42. The first kappa shape index (κ1) is 20.1. The molecule has 1 amide bonds. The van der Waals surface area contributed by atoms with Gasteiger partial charge in [-0.25, -0.2) is 0 Å². The van der Waals surface area contributed by atoms with Crippen LogP contribution >= 0.6 is 34.9 Å². The van der Waals surface area contributed by atoms with Gasteiger partial charge in [-0.15, -0.1) is 10.2 Å². The molecule has 0 aliphatic heterocycles. The van der Waals surface area contributed by atoms with E-state index in [2.05, 4.69) is 58.0 Å². The number of thioether (sulfide) groups is 2. The molecule has 5 nitrogen and oxygen atoms in total. The van der Waals surface area contributed by atoms with Gasteiger partial charge in [0.05, 0.1) is 12.4 Å². The van der Waals surface area contributed by atoms with Crippen molar-refractivity contribution in [1.82, 2.24) is 15.5 Å². The maximum atomic E-state index is 11.9. The summed E-state index contributed by atoms with van der Waals surface area (Å²) in [6.07, 6.45) is 0. The number of ether oxygens (including phenoxy) is 1. The van der Waals surface area contributed by atoms with Gasteiger partial charge in [-0.1, -0.05) is 77.3 Å². The van der Waals surface area contributed by atoms with Crippen LogP contribution in [-0.4, -0.2) is 41.6 Å². The normalized spacial score (nSPS) is 12.2. The van der Waals surface area contributed by atoms with Crippen molar-refractivity contribution in [3.8, 4) is 0 Å². The largest absolute Gasteiger partial charge is 0.383 e. The van der Waals surface area contributed by atoms with Gasteiger partial charge in [-0.2, -0.15) is 0 Å². The molecule has 8 heteroatoms. The maximum Gasteiger partial charge on any atom is 0.230 e. The lowest BCUT2D eigenvalue weighted by Crippen LogP contribution is -2.36. The summed E-state index contributed by atoms with van der Waals surface area (Å²) >= 11 is 4.62. The van der Waals surface area contributed by atoms with Gasteiger partial charge in [0.2, 0.25) is 5.91 Å². The van der Waals surface area contributed by atoms with Gasteiger partial charge >= 0.3 is 0 Å². The van der Waals surface area contributed by atoms with Gasteiger partial charge in [0.1, 0.15) is 0 Å². The number of fused-ring (bicyclic) bond motifs is 1. The second-order valence-corrected chi connectivity index (χ2v) is 9.40. The topological polar surface area (TPSA) is 64.1 Å². The summed E-state index contributed by atoms with van der Waals surface area (Å²) in [5, 5.41) is 13.8. The average molecular weight is 420 g/mol. The van der Waals surface area contributed by atoms with E-state index < -0.39 is 0 Å². The Kier molecular flexibility index (Phi) is 7.51. The van der Waals surface area contributed by atoms with Crippen molar-refractivity contribution in [2.24, 2.45) is 0 Å². The highest BCUT2D eigenvalue weighted by atomic mass is 32.2. The molecule has 1 heterocycles. The smallest absolute Gasteiger partial charge is 0.230 e. The second kappa shape index (κ2) is 10.1. The Labute approximate surface area is 171 Å². The minimum Gasteiger partial charge on any atom is -0.383 e. The fourth-order valence-corrected chi connectivity index (χ4v) is 5.44. The Bertz CT molecular complexity index is 895. The van der Waals surface area contributed by atoms with Crippen molar-refractivity contribution in [1.29, 1.82) is 0 Å². The number of aromatic nitrogens is 2. The van der Waals surface area contributed by atoms with Crippen molar-refractivity contribution in [2.45, 2.75) is 27.4 Å². The summed E-state index contributed by atoms with van der Waals surface area (Å²) in [5.41, 5.74) is 1.29. The Morgan fingerprint density at radius 1 is 1.15 bits per heavy atom. The van der Waals surface area contributed by atoms with E-state index in [-0.39, 0.29) is 11.9 Å². The van der Waals surface area contributed by atoms with Crippen molar-refractivity contribution in [2.75, 3.05) is 19.5 Å². The van der Waals surface area contributed by atoms with Crippen LogP contribution in [-0.2, 0) is 15.3 Å². The fraction of sp³-hybridized carbons (Fsp3) is 0.316. The zero-order valence-corrected chi connectivity index (χ0v) is 17.6. The lowest BCUT2D eigenvalue weighted by atomic mass is 10.1. The van der Waals surface area contributed by atoms with E-state index in [1.807, 2.05) is 6.92 Å². The molecule has 0 aliphatic carbocycles. The third-order valence-corrected chi connectivity index (χ3v) is 7.01. The summed E-state index contributed by atoms with van der Waals surface area (Å²) in [5.74, 6) is 1.15. The van der Waals surface area contributed by atoms with E-state index in [0.29, 0.717) is 12.4 Å². The first-order chi connectivity index (χ1) is 13.2. The van der Waals surface area contributed by atoms with Gasteiger partial charge in [0, 0.05) is 18.9 Å². The lowest BCUT2D eigenvalue weighted by molar-refractivity contribution is -0.119. The number of carbonyl (C=O) groups is 1. The molecule has 0 saturated heterocycles. The third kappa shape index (κ3) is 5.93. The molecule has 0 spiro atoms. The number of hydrogen-bond donors (Lipinski definition) is 1. The van der Waals surface area contributed by atoms with Crippen LogP contribution in [0.1, 0.15) is 12.5 Å². The molecule has 0 bridgehead atoms. The zero-order valence-electron chi connectivity index (χ0n) is 15.2. The van der Waals surface area contributed by atoms with E-state index in [1.54, 1.807) is 18.9 Å². The van der Waals surface area contributed by atoms with Crippen LogP contribution in [0.5, 0.6) is 0 Å². The summed E-state index contributed by atoms with van der Waals surface area (Å²) in [4.78, 5) is 11.9. The fourth-order valence-electron chi connectivity index (χ4n) is 2.61. The number of benzene rings is 2. The number of methoxy groups -OCH3 is 1. The van der Waals surface area contributed by atoms with Crippen LogP contribution in [0, 0.1) is 0 Å². The Morgan fingerprint density at radius 3 is 2.70 bits per heavy atom. The number of nitrogens with one attached hydrogen (secondary N) is 1. The van der Waals surface area contributed by atoms with Crippen LogP contribution < -0.4 is 5.32 Å². The molecule has 0 fully saturated rings. The van der Waals surface area contributed by atoms with Gasteiger partial charge in [0.25, 0.3) is 0 Å². The van der Waals surface area contributed by atoms with Crippen LogP contribution in [0.3, 0.4) is 0 Å². The summed E-state index contributed by atoms with van der Waals surface area (Å²) in [7, 11) is 1.62. The average Bonchev–Trinajstić information content (AvgIpc) is 3.13. The highest BCUT2D eigenvalue weighted by Gasteiger charge is 2.11. The molecule has 3 aromatic rings. The molecule has 1 aromatic heterocycles. The number of hydrogen-bond acceptors (Lipinski definition) is 7. The van der Waals surface area contributed by atoms with Crippen LogP contribution in [0.15, 0.2) is 51.1 Å².